The summed E-state index contributed by atoms with van der Waals surface area (Å²) in [6.45, 7) is 20.5. The van der Waals surface area contributed by atoms with Gasteiger partial charge in [-0.1, -0.05) is 60.8 Å². The molecule has 12 nitrogen and oxygen atoms in total. The van der Waals surface area contributed by atoms with E-state index in [1.54, 1.807) is 18.5 Å². The third-order valence-electron chi connectivity index (χ3n) is 12.0. The number of aromatic nitrogens is 8. The first-order valence-electron chi connectivity index (χ1n) is 21.9. The zero-order valence-corrected chi connectivity index (χ0v) is 39.2. The molecule has 0 amide bonds. The van der Waals surface area contributed by atoms with Gasteiger partial charge in [0.2, 0.25) is 11.9 Å². The summed E-state index contributed by atoms with van der Waals surface area (Å²) in [5.74, 6) is 3.53. The van der Waals surface area contributed by atoms with Crippen LogP contribution < -0.4 is 20.0 Å². The second-order valence-electron chi connectivity index (χ2n) is 17.2. The number of nitrogens with zero attached hydrogens (tertiary/aromatic N) is 11. The Kier molecular flexibility index (Phi) is 14.0. The van der Waals surface area contributed by atoms with Crippen LogP contribution in [0.1, 0.15) is 96.1 Å². The summed E-state index contributed by atoms with van der Waals surface area (Å²) in [4.78, 5) is 43.3. The summed E-state index contributed by atoms with van der Waals surface area (Å²) in [6.07, 6.45) is 16.0. The van der Waals surface area contributed by atoms with Crippen LogP contribution in [0.15, 0.2) is 61.4 Å². The van der Waals surface area contributed by atoms with Gasteiger partial charge in [-0.25, -0.2) is 29.9 Å². The Morgan fingerprint density at radius 1 is 0.556 bits per heavy atom. The first kappa shape index (κ1) is 44.6. The van der Waals surface area contributed by atoms with Gasteiger partial charge < -0.3 is 20.0 Å². The van der Waals surface area contributed by atoms with Crippen LogP contribution in [-0.2, 0) is 13.1 Å². The van der Waals surface area contributed by atoms with Crippen molar-refractivity contribution < 1.29 is 0 Å². The molecule has 1 N–H and O–H groups in total. The zero-order valence-electron chi connectivity index (χ0n) is 37.0. The molecule has 10 heterocycles. The molecule has 2 unspecified atom stereocenters. The maximum absolute atomic E-state index is 6.53. The molecule has 2 atom stereocenters. The Bertz CT molecular complexity index is 2580. The van der Waals surface area contributed by atoms with Gasteiger partial charge in [-0.3, -0.25) is 9.97 Å². The molecule has 0 saturated carbocycles. The van der Waals surface area contributed by atoms with E-state index in [-0.39, 0.29) is 0 Å². The van der Waals surface area contributed by atoms with Crippen molar-refractivity contribution in [1.29, 1.82) is 0 Å². The summed E-state index contributed by atoms with van der Waals surface area (Å²) >= 11 is 18.5. The van der Waals surface area contributed by atoms with E-state index in [2.05, 4.69) is 88.9 Å². The number of hydrogen-bond acceptors (Lipinski definition) is 12. The lowest BCUT2D eigenvalue weighted by Gasteiger charge is -2.33. The number of halogens is 3. The van der Waals surface area contributed by atoms with Crippen LogP contribution >= 0.6 is 34.8 Å². The van der Waals surface area contributed by atoms with Gasteiger partial charge >= 0.3 is 0 Å². The summed E-state index contributed by atoms with van der Waals surface area (Å²) in [5, 5.41) is 4.98. The molecular formula is C48H55Cl3N12. The van der Waals surface area contributed by atoms with Crippen molar-refractivity contribution in [3.8, 4) is 22.5 Å². The molecule has 0 spiro atoms. The van der Waals surface area contributed by atoms with Gasteiger partial charge in [0.25, 0.3) is 0 Å². The predicted molar refractivity (Wildman–Crippen MR) is 255 cm³/mol. The van der Waals surface area contributed by atoms with E-state index in [0.717, 1.165) is 115 Å². The molecule has 2 fully saturated rings. The number of nitrogens with one attached hydrogen (secondary N) is 1. The van der Waals surface area contributed by atoms with Crippen molar-refractivity contribution in [1.82, 2.24) is 45.2 Å². The monoisotopic (exact) mass is 904 g/mol. The minimum Gasteiger partial charge on any atom is -0.351 e. The smallest absolute Gasteiger partial charge is 0.225 e. The molecule has 10 rings (SSSR count). The molecule has 0 aromatic carbocycles. The summed E-state index contributed by atoms with van der Waals surface area (Å²) < 4.78 is 0. The molecule has 15 heteroatoms. The maximum Gasteiger partial charge on any atom is 0.225 e. The van der Waals surface area contributed by atoms with Crippen LogP contribution in [0.4, 0.5) is 17.7 Å². The van der Waals surface area contributed by atoms with Gasteiger partial charge in [0, 0.05) is 124 Å². The van der Waals surface area contributed by atoms with E-state index in [1.807, 2.05) is 45.6 Å². The van der Waals surface area contributed by atoms with Crippen LogP contribution in [0.25, 0.3) is 22.5 Å². The van der Waals surface area contributed by atoms with E-state index in [4.69, 9.17) is 44.8 Å². The zero-order chi connectivity index (χ0) is 44.2. The Morgan fingerprint density at radius 3 is 1.65 bits per heavy atom. The van der Waals surface area contributed by atoms with Crippen molar-refractivity contribution >= 4 is 52.5 Å². The average Bonchev–Trinajstić information content (AvgIpc) is 4.02. The van der Waals surface area contributed by atoms with Crippen LogP contribution in [-0.4, -0.2) is 79.1 Å². The molecule has 328 valence electrons. The highest BCUT2D eigenvalue weighted by Crippen LogP contribution is 2.36. The fraction of sp³-hybridized carbons (Fsp3) is 0.417. The molecule has 6 aromatic rings. The van der Waals surface area contributed by atoms with Crippen molar-refractivity contribution in [2.45, 2.75) is 92.2 Å². The normalized spacial score (nSPS) is 18.0. The number of aryl methyl sites for hydroxylation is 4. The molecule has 4 aliphatic heterocycles. The van der Waals surface area contributed by atoms with Crippen LogP contribution in [0, 0.1) is 27.7 Å². The number of fused-ring (bicyclic) bond motifs is 2. The van der Waals surface area contributed by atoms with E-state index in [0.29, 0.717) is 27.0 Å². The third-order valence-corrected chi connectivity index (χ3v) is 12.8. The van der Waals surface area contributed by atoms with Crippen molar-refractivity contribution in [3.63, 3.8) is 0 Å². The molecule has 4 aliphatic rings. The molecule has 0 aliphatic carbocycles. The first-order chi connectivity index (χ1) is 30.4. The topological polar surface area (TPSA) is 125 Å². The molecule has 6 aromatic heterocycles. The number of anilines is 3. The highest BCUT2D eigenvalue weighted by atomic mass is 35.5. The highest BCUT2D eigenvalue weighted by Gasteiger charge is 2.28. The Morgan fingerprint density at radius 2 is 1.08 bits per heavy atom. The second-order valence-corrected chi connectivity index (χ2v) is 18.4. The number of pyridine rings is 4. The lowest BCUT2D eigenvalue weighted by molar-refractivity contribution is 0.552. The van der Waals surface area contributed by atoms with E-state index in [9.17, 15) is 0 Å². The van der Waals surface area contributed by atoms with Gasteiger partial charge in [-0.05, 0) is 87.8 Å². The minimum atomic E-state index is 0.299. The molecular weight excluding hydrogens is 851 g/mol. The summed E-state index contributed by atoms with van der Waals surface area (Å²) in [5.41, 5.74) is 12.8. The summed E-state index contributed by atoms with van der Waals surface area (Å²) in [7, 11) is 0. The number of hydrogen-bond donors (Lipinski definition) is 1. The minimum absolute atomic E-state index is 0.299. The predicted octanol–water partition coefficient (Wildman–Crippen LogP) is 10.3. The molecule has 0 radical (unpaired) electrons. The van der Waals surface area contributed by atoms with Crippen LogP contribution in [0.2, 0.25) is 15.2 Å². The highest BCUT2D eigenvalue weighted by molar-refractivity contribution is 6.34. The van der Waals surface area contributed by atoms with Crippen molar-refractivity contribution in [3.05, 3.63) is 121 Å². The van der Waals surface area contributed by atoms with Crippen molar-refractivity contribution in [2.75, 3.05) is 54.0 Å². The van der Waals surface area contributed by atoms with Crippen molar-refractivity contribution in [2.24, 2.45) is 0 Å². The summed E-state index contributed by atoms with van der Waals surface area (Å²) in [6, 6.07) is 7.99. The largest absolute Gasteiger partial charge is 0.351 e. The lowest BCUT2D eigenvalue weighted by Crippen LogP contribution is -2.34. The number of rotatable bonds is 5. The fourth-order valence-electron chi connectivity index (χ4n) is 8.82. The van der Waals surface area contributed by atoms with Gasteiger partial charge in [0.1, 0.15) is 11.0 Å². The van der Waals surface area contributed by atoms with E-state index in [1.165, 1.54) is 48.2 Å². The van der Waals surface area contributed by atoms with Gasteiger partial charge in [0.05, 0.1) is 32.8 Å². The molecule has 63 heavy (non-hydrogen) atoms. The van der Waals surface area contributed by atoms with Crippen LogP contribution in [0.3, 0.4) is 0 Å². The molecule has 2 saturated heterocycles. The van der Waals surface area contributed by atoms with Gasteiger partial charge in [-0.15, -0.1) is 0 Å². The SMILES string of the molecule is CC1CNCc2cnc(N3CCCC3)nc21.Cc1cnc(-c2cc(Cl)ncc2Cl)c(C)c1.Cc1cnc(-c2cc(N3Cc4cnc(N5CCCC5)nc4C(C)C3)ncc2Cl)c(C)c1. The third kappa shape index (κ3) is 10.4. The van der Waals surface area contributed by atoms with E-state index < -0.39 is 0 Å². The average molecular weight is 906 g/mol. The Hall–Kier alpha value is -5.01. The lowest BCUT2D eigenvalue weighted by atomic mass is 9.97. The maximum atomic E-state index is 6.53. The van der Waals surface area contributed by atoms with Crippen LogP contribution in [0.5, 0.6) is 0 Å². The fourth-order valence-corrected chi connectivity index (χ4v) is 9.37. The standard InChI is InChI=1S/C24H27ClN6.C12H10Cl2N2.C12H18N4/c1-15-8-16(2)23(27-10-15)19-9-21(26-12-20(19)25)31-13-17(3)22-18(14-31)11-28-24(29-22)30-6-4-5-7-30;1-7-3-8(2)12(16-5-7)9-4-11(14)15-6-10(9)13;1-9-6-13-7-10-8-14-12(15-11(9)10)16-4-2-3-5-16/h8-12,17H,4-7,13-14H2,1-3H3;3-6H,1-2H3;8-9,13H,2-7H2,1H3. The Balaban J connectivity index is 0.000000143. The van der Waals surface area contributed by atoms with Gasteiger partial charge in [-0.2, -0.15) is 0 Å². The molecule has 0 bridgehead atoms. The first-order valence-corrected chi connectivity index (χ1v) is 23.1. The van der Waals surface area contributed by atoms with Gasteiger partial charge in [0.15, 0.2) is 0 Å². The Labute approximate surface area is 386 Å². The van der Waals surface area contributed by atoms with E-state index >= 15 is 0 Å². The quantitative estimate of drug-likeness (QED) is 0.166. The second kappa shape index (κ2) is 19.8.